The molecule has 2 nitrogen and oxygen atoms in total. The van der Waals surface area contributed by atoms with Gasteiger partial charge in [-0.1, -0.05) is 80.4 Å². The highest BCUT2D eigenvalue weighted by molar-refractivity contribution is 5.20. The van der Waals surface area contributed by atoms with Crippen LogP contribution in [0.25, 0.3) is 0 Å². The summed E-state index contributed by atoms with van der Waals surface area (Å²) in [5, 5.41) is 13.8. The minimum atomic E-state index is -0.459. The van der Waals surface area contributed by atoms with E-state index in [9.17, 15) is 5.11 Å². The van der Waals surface area contributed by atoms with Gasteiger partial charge in [-0.05, 0) is 17.5 Å². The second-order valence-corrected chi connectivity index (χ2v) is 5.44. The van der Waals surface area contributed by atoms with Gasteiger partial charge in [0.2, 0.25) is 0 Å². The summed E-state index contributed by atoms with van der Waals surface area (Å²) in [6.07, 6.45) is 3.02. The van der Waals surface area contributed by atoms with Gasteiger partial charge in [0, 0.05) is 12.6 Å². The van der Waals surface area contributed by atoms with Crippen LogP contribution in [0.15, 0.2) is 60.7 Å². The van der Waals surface area contributed by atoms with E-state index >= 15 is 0 Å². The lowest BCUT2D eigenvalue weighted by molar-refractivity contribution is 0.168. The molecule has 112 valence electrons. The molecular formula is C19H25NO. The molecule has 0 aliphatic carbocycles. The zero-order valence-electron chi connectivity index (χ0n) is 12.7. The number of aliphatic hydroxyl groups is 1. The highest BCUT2D eigenvalue weighted by Gasteiger charge is 2.13. The van der Waals surface area contributed by atoms with Crippen molar-refractivity contribution in [1.82, 2.24) is 5.32 Å². The summed E-state index contributed by atoms with van der Waals surface area (Å²) in [4.78, 5) is 0. The lowest BCUT2D eigenvalue weighted by Crippen LogP contribution is -2.26. The van der Waals surface area contributed by atoms with Crippen molar-refractivity contribution in [3.63, 3.8) is 0 Å². The summed E-state index contributed by atoms with van der Waals surface area (Å²) in [6, 6.07) is 20.6. The molecule has 0 aliphatic rings. The van der Waals surface area contributed by atoms with Crippen LogP contribution < -0.4 is 5.32 Å². The number of aliphatic hydroxyl groups excluding tert-OH is 1. The number of hydrogen-bond acceptors (Lipinski definition) is 2. The summed E-state index contributed by atoms with van der Waals surface area (Å²) >= 11 is 0. The van der Waals surface area contributed by atoms with Gasteiger partial charge in [-0.25, -0.2) is 0 Å². The minimum absolute atomic E-state index is 0.310. The Morgan fingerprint density at radius 2 is 1.48 bits per heavy atom. The van der Waals surface area contributed by atoms with E-state index in [1.807, 2.05) is 36.4 Å². The maximum Gasteiger partial charge on any atom is 0.0914 e. The van der Waals surface area contributed by atoms with Crippen LogP contribution in [0.1, 0.15) is 49.5 Å². The van der Waals surface area contributed by atoms with Gasteiger partial charge in [-0.2, -0.15) is 0 Å². The Kier molecular flexibility index (Phi) is 6.45. The molecule has 2 rings (SSSR count). The number of rotatable bonds is 8. The van der Waals surface area contributed by atoms with Gasteiger partial charge in [-0.3, -0.25) is 0 Å². The Morgan fingerprint density at radius 1 is 0.905 bits per heavy atom. The van der Waals surface area contributed by atoms with Gasteiger partial charge in [0.25, 0.3) is 0 Å². The van der Waals surface area contributed by atoms with Gasteiger partial charge in [0.15, 0.2) is 0 Å². The van der Waals surface area contributed by atoms with Gasteiger partial charge < -0.3 is 10.4 Å². The largest absolute Gasteiger partial charge is 0.387 e. The fraction of sp³-hybridized carbons (Fsp3) is 0.368. The average Bonchev–Trinajstić information content (AvgIpc) is 2.56. The summed E-state index contributed by atoms with van der Waals surface area (Å²) in [6.45, 7) is 2.79. The molecular weight excluding hydrogens is 258 g/mol. The van der Waals surface area contributed by atoms with Gasteiger partial charge in [0.1, 0.15) is 0 Å². The van der Waals surface area contributed by atoms with Crippen LogP contribution in [-0.4, -0.2) is 11.7 Å². The minimum Gasteiger partial charge on any atom is -0.387 e. The molecule has 2 aromatic rings. The van der Waals surface area contributed by atoms with Crippen LogP contribution in [0.4, 0.5) is 0 Å². The van der Waals surface area contributed by atoms with E-state index in [2.05, 4.69) is 36.5 Å². The lowest BCUT2D eigenvalue weighted by Gasteiger charge is -2.21. The first-order chi connectivity index (χ1) is 10.3. The quantitative estimate of drug-likeness (QED) is 0.759. The molecule has 0 saturated heterocycles. The topological polar surface area (TPSA) is 32.3 Å². The summed E-state index contributed by atoms with van der Waals surface area (Å²) in [7, 11) is 0. The van der Waals surface area contributed by atoms with Gasteiger partial charge >= 0.3 is 0 Å². The van der Waals surface area contributed by atoms with Gasteiger partial charge in [-0.15, -0.1) is 0 Å². The van der Waals surface area contributed by atoms with Crippen molar-refractivity contribution in [1.29, 1.82) is 0 Å². The fourth-order valence-corrected chi connectivity index (χ4v) is 2.53. The third-order valence-electron chi connectivity index (χ3n) is 3.79. The summed E-state index contributed by atoms with van der Waals surface area (Å²) < 4.78 is 0. The smallest absolute Gasteiger partial charge is 0.0914 e. The number of nitrogens with one attached hydrogen (secondary N) is 1. The summed E-state index contributed by atoms with van der Waals surface area (Å²) in [5.74, 6) is 0. The van der Waals surface area contributed by atoms with E-state index in [0.29, 0.717) is 12.6 Å². The van der Waals surface area contributed by atoms with Crippen LogP contribution >= 0.6 is 0 Å². The predicted molar refractivity (Wildman–Crippen MR) is 88.1 cm³/mol. The molecule has 0 heterocycles. The van der Waals surface area contributed by atoms with Crippen LogP contribution in [0.2, 0.25) is 0 Å². The maximum atomic E-state index is 10.3. The van der Waals surface area contributed by atoms with E-state index in [1.165, 1.54) is 18.4 Å². The van der Waals surface area contributed by atoms with Crippen LogP contribution in [-0.2, 0) is 0 Å². The van der Waals surface area contributed by atoms with Crippen LogP contribution in [0.5, 0.6) is 0 Å². The number of benzene rings is 2. The molecule has 21 heavy (non-hydrogen) atoms. The molecule has 0 amide bonds. The second-order valence-electron chi connectivity index (χ2n) is 5.44. The van der Waals surface area contributed by atoms with Crippen molar-refractivity contribution in [3.8, 4) is 0 Å². The molecule has 0 radical (unpaired) electrons. The van der Waals surface area contributed by atoms with Crippen molar-refractivity contribution in [3.05, 3.63) is 71.8 Å². The fourth-order valence-electron chi connectivity index (χ4n) is 2.53. The van der Waals surface area contributed by atoms with Crippen molar-refractivity contribution in [2.24, 2.45) is 0 Å². The third kappa shape index (κ3) is 5.00. The van der Waals surface area contributed by atoms with Crippen molar-refractivity contribution in [2.75, 3.05) is 6.54 Å². The second kappa shape index (κ2) is 8.60. The molecule has 0 aliphatic heterocycles. The first kappa shape index (κ1) is 15.7. The van der Waals surface area contributed by atoms with E-state index in [0.717, 1.165) is 12.0 Å². The zero-order valence-corrected chi connectivity index (χ0v) is 12.7. The molecule has 0 saturated carbocycles. The number of hydrogen-bond donors (Lipinski definition) is 2. The van der Waals surface area contributed by atoms with E-state index in [1.54, 1.807) is 0 Å². The summed E-state index contributed by atoms with van der Waals surface area (Å²) in [5.41, 5.74) is 2.26. The number of unbranched alkanes of at least 4 members (excludes halogenated alkanes) is 1. The third-order valence-corrected chi connectivity index (χ3v) is 3.79. The Bertz CT molecular complexity index is 497. The van der Waals surface area contributed by atoms with E-state index < -0.39 is 6.10 Å². The monoisotopic (exact) mass is 283 g/mol. The Morgan fingerprint density at radius 3 is 2.05 bits per heavy atom. The van der Waals surface area contributed by atoms with Crippen molar-refractivity contribution >= 4 is 0 Å². The van der Waals surface area contributed by atoms with E-state index in [-0.39, 0.29) is 0 Å². The first-order valence-corrected chi connectivity index (χ1v) is 7.82. The molecule has 2 N–H and O–H groups in total. The molecule has 2 unspecified atom stereocenters. The first-order valence-electron chi connectivity index (χ1n) is 7.82. The Hall–Kier alpha value is -1.64. The molecule has 0 spiro atoms. The molecule has 0 bridgehead atoms. The van der Waals surface area contributed by atoms with Crippen LogP contribution in [0, 0.1) is 0 Å². The highest BCUT2D eigenvalue weighted by atomic mass is 16.3. The molecule has 2 aromatic carbocycles. The van der Waals surface area contributed by atoms with Crippen molar-refractivity contribution in [2.45, 2.75) is 38.3 Å². The zero-order chi connectivity index (χ0) is 14.9. The predicted octanol–water partition coefficient (Wildman–Crippen LogP) is 4.24. The van der Waals surface area contributed by atoms with Crippen molar-refractivity contribution < 1.29 is 5.11 Å². The van der Waals surface area contributed by atoms with E-state index in [4.69, 9.17) is 0 Å². The molecule has 0 aromatic heterocycles. The molecule has 0 fully saturated rings. The standard InChI is InChI=1S/C19H25NO/c1-2-3-14-18(16-10-6-4-7-11-16)20-15-19(21)17-12-8-5-9-13-17/h4-13,18-21H,2-3,14-15H2,1H3. The maximum absolute atomic E-state index is 10.3. The Balaban J connectivity index is 1.96. The highest BCUT2D eigenvalue weighted by Crippen LogP contribution is 2.20. The molecule has 2 atom stereocenters. The lowest BCUT2D eigenvalue weighted by atomic mass is 10.0. The van der Waals surface area contributed by atoms with Crippen LogP contribution in [0.3, 0.4) is 0 Å². The van der Waals surface area contributed by atoms with Gasteiger partial charge in [0.05, 0.1) is 6.10 Å². The Labute approximate surface area is 127 Å². The molecule has 2 heteroatoms. The SMILES string of the molecule is CCCCC(NCC(O)c1ccccc1)c1ccccc1. The normalized spacial score (nSPS) is 13.8. The average molecular weight is 283 g/mol.